The molecule has 0 amide bonds. The Hall–Kier alpha value is -4.22. The van der Waals surface area contributed by atoms with E-state index in [-0.39, 0.29) is 21.1 Å². The number of imidazole rings is 3. The Morgan fingerprint density at radius 1 is 0.861 bits per heavy atom. The topological polar surface area (TPSA) is 53.2 Å². The molecule has 0 aliphatic rings. The van der Waals surface area contributed by atoms with Gasteiger partial charge in [0.05, 0.1) is 18.1 Å². The maximum Gasteiger partial charge on any atom is 0.241 e. The van der Waals surface area contributed by atoms with Crippen LogP contribution in [0.5, 0.6) is 11.5 Å². The Kier molecular flexibility index (Phi) is 5.42. The summed E-state index contributed by atoms with van der Waals surface area (Å²) < 4.78 is 14.1. The number of aromatic nitrogens is 6. The monoisotopic (exact) mass is 649 g/mol. The van der Waals surface area contributed by atoms with Gasteiger partial charge in [-0.2, -0.15) is 12.1 Å². The summed E-state index contributed by atoms with van der Waals surface area (Å²) in [5, 5.41) is 0. The van der Waals surface area contributed by atoms with Gasteiger partial charge in [0.1, 0.15) is 5.82 Å². The van der Waals surface area contributed by atoms with Gasteiger partial charge in [-0.3, -0.25) is 4.57 Å². The molecule has 0 N–H and O–H groups in total. The molecule has 0 aliphatic carbocycles. The Morgan fingerprint density at radius 2 is 1.72 bits per heavy atom. The van der Waals surface area contributed by atoms with Crippen LogP contribution in [0.25, 0.3) is 39.3 Å². The van der Waals surface area contributed by atoms with Crippen LogP contribution in [0.4, 0.5) is 0 Å². The van der Waals surface area contributed by atoms with Crippen molar-refractivity contribution in [1.82, 2.24) is 23.5 Å². The fourth-order valence-electron chi connectivity index (χ4n) is 4.36. The molecule has 0 atom stereocenters. The van der Waals surface area contributed by atoms with Crippen molar-refractivity contribution in [1.29, 1.82) is 0 Å². The summed E-state index contributed by atoms with van der Waals surface area (Å²) in [5.41, 5.74) is 4.60. The first-order chi connectivity index (χ1) is 17.2. The summed E-state index contributed by atoms with van der Waals surface area (Å²) in [4.78, 5) is 9.49. The van der Waals surface area contributed by atoms with Crippen molar-refractivity contribution in [2.75, 3.05) is 0 Å². The van der Waals surface area contributed by atoms with Crippen molar-refractivity contribution in [3.8, 4) is 23.0 Å². The molecule has 0 bridgehead atoms. The van der Waals surface area contributed by atoms with Gasteiger partial charge in [-0.05, 0) is 35.3 Å². The number of fused-ring (bicyclic) bond motifs is 5. The summed E-state index contributed by atoms with van der Waals surface area (Å²) in [6.07, 6.45) is 8.81. The van der Waals surface area contributed by atoms with Crippen molar-refractivity contribution in [3.05, 3.63) is 110 Å². The van der Waals surface area contributed by atoms with E-state index < -0.39 is 0 Å². The molecule has 7 nitrogen and oxygen atoms in total. The summed E-state index contributed by atoms with van der Waals surface area (Å²) in [6.45, 7) is 0. The van der Waals surface area contributed by atoms with E-state index in [0.29, 0.717) is 11.5 Å². The molecule has 0 radical (unpaired) electrons. The minimum absolute atomic E-state index is 0. The SMILES string of the molecule is C[n+]1[c-]n(-c2[c-]c(Oc3[c-]c4c(cc3)n3c5ccccc5nc3n4-c3ccccn3)ccc2)cc1.[Pt]. The van der Waals surface area contributed by atoms with Crippen LogP contribution in [-0.2, 0) is 28.1 Å². The zero-order valence-corrected chi connectivity index (χ0v) is 21.3. The number of ether oxygens (including phenoxy) is 1. The number of rotatable bonds is 4. The first-order valence-corrected chi connectivity index (χ1v) is 11.2. The number of hydrogen-bond acceptors (Lipinski definition) is 3. The molecule has 0 saturated carbocycles. The predicted molar refractivity (Wildman–Crippen MR) is 131 cm³/mol. The van der Waals surface area contributed by atoms with Crippen molar-refractivity contribution in [2.45, 2.75) is 0 Å². The fourth-order valence-corrected chi connectivity index (χ4v) is 4.36. The molecule has 0 saturated heterocycles. The van der Waals surface area contributed by atoms with E-state index in [1.54, 1.807) is 6.20 Å². The van der Waals surface area contributed by atoms with Crippen molar-refractivity contribution in [2.24, 2.45) is 7.05 Å². The number of para-hydroxylation sites is 2. The van der Waals surface area contributed by atoms with Crippen LogP contribution in [-0.4, -0.2) is 23.5 Å². The van der Waals surface area contributed by atoms with Crippen LogP contribution in [0.2, 0.25) is 0 Å². The first-order valence-electron chi connectivity index (χ1n) is 11.2. The van der Waals surface area contributed by atoms with E-state index >= 15 is 0 Å². The third-order valence-corrected chi connectivity index (χ3v) is 5.90. The number of benzene rings is 3. The van der Waals surface area contributed by atoms with Crippen molar-refractivity contribution < 1.29 is 30.4 Å². The van der Waals surface area contributed by atoms with Crippen molar-refractivity contribution in [3.63, 3.8) is 0 Å². The van der Waals surface area contributed by atoms with Gasteiger partial charge in [0.15, 0.2) is 0 Å². The van der Waals surface area contributed by atoms with Crippen LogP contribution < -0.4 is 9.30 Å². The zero-order valence-electron chi connectivity index (χ0n) is 19.1. The third kappa shape index (κ3) is 3.60. The standard InChI is InChI=1S/C28H18N6O.Pt/c1-31-15-16-32(19-31)20-7-6-8-21(17-20)35-22-12-13-25-26(18-22)34(27-11-4-5-14-29-27)28-30-23-9-2-3-10-24(23)33(25)28;/h2-16H,1H3;/q-2;. The average molecular weight is 650 g/mol. The summed E-state index contributed by atoms with van der Waals surface area (Å²) in [6, 6.07) is 30.4. The van der Waals surface area contributed by atoms with Gasteiger partial charge < -0.3 is 18.3 Å². The quantitative estimate of drug-likeness (QED) is 0.207. The van der Waals surface area contributed by atoms with Gasteiger partial charge in [0.25, 0.3) is 0 Å². The van der Waals surface area contributed by atoms with Gasteiger partial charge in [0.2, 0.25) is 12.1 Å². The second kappa shape index (κ2) is 8.77. The van der Waals surface area contributed by atoms with Crippen LogP contribution in [0.1, 0.15) is 0 Å². The third-order valence-electron chi connectivity index (χ3n) is 5.90. The van der Waals surface area contributed by atoms with E-state index in [0.717, 1.165) is 39.3 Å². The molecular weight excluding hydrogens is 631 g/mol. The fraction of sp³-hybridized carbons (Fsp3) is 0.0357. The maximum atomic E-state index is 6.20. The molecule has 0 fully saturated rings. The molecule has 4 aromatic heterocycles. The summed E-state index contributed by atoms with van der Waals surface area (Å²) >= 11 is 0. The van der Waals surface area contributed by atoms with Crippen LogP contribution >= 0.6 is 0 Å². The molecule has 0 unspecified atom stereocenters. The Labute approximate surface area is 221 Å². The van der Waals surface area contributed by atoms with Gasteiger partial charge in [-0.15, -0.1) is 30.3 Å². The number of pyridine rings is 1. The number of hydrogen-bond donors (Lipinski definition) is 0. The maximum absolute atomic E-state index is 6.20. The molecule has 7 aromatic rings. The first kappa shape index (κ1) is 22.3. The largest absolute Gasteiger partial charge is 0.510 e. The van der Waals surface area contributed by atoms with E-state index in [1.165, 1.54) is 0 Å². The van der Waals surface area contributed by atoms with Gasteiger partial charge in [0, 0.05) is 51.2 Å². The molecule has 8 heteroatoms. The van der Waals surface area contributed by atoms with E-state index in [1.807, 2.05) is 99.9 Å². The van der Waals surface area contributed by atoms with E-state index in [9.17, 15) is 0 Å². The van der Waals surface area contributed by atoms with E-state index in [2.05, 4.69) is 33.9 Å². The van der Waals surface area contributed by atoms with Crippen molar-refractivity contribution >= 4 is 27.8 Å². The van der Waals surface area contributed by atoms with Crippen LogP contribution in [0.15, 0.2) is 91.4 Å². The average Bonchev–Trinajstić information content (AvgIpc) is 3.57. The van der Waals surface area contributed by atoms with Crippen LogP contribution in [0, 0.1) is 18.5 Å². The molecule has 4 heterocycles. The summed E-state index contributed by atoms with van der Waals surface area (Å²) in [5.74, 6) is 2.71. The number of aryl methyl sites for hydroxylation is 1. The van der Waals surface area contributed by atoms with Gasteiger partial charge in [-0.25, -0.2) is 9.97 Å². The Balaban J connectivity index is 0.00000240. The smallest absolute Gasteiger partial charge is 0.241 e. The predicted octanol–water partition coefficient (Wildman–Crippen LogP) is 4.63. The second-order valence-corrected chi connectivity index (χ2v) is 8.20. The van der Waals surface area contributed by atoms with Gasteiger partial charge >= 0.3 is 0 Å². The number of nitrogens with zero attached hydrogens (tertiary/aromatic N) is 6. The minimum atomic E-state index is 0. The van der Waals surface area contributed by atoms with Crippen LogP contribution in [0.3, 0.4) is 0 Å². The molecule has 0 aliphatic heterocycles. The molecule has 7 rings (SSSR count). The Bertz CT molecular complexity index is 1850. The Morgan fingerprint density at radius 3 is 2.56 bits per heavy atom. The second-order valence-electron chi connectivity index (χ2n) is 8.20. The minimum Gasteiger partial charge on any atom is -0.510 e. The normalized spacial score (nSPS) is 11.2. The van der Waals surface area contributed by atoms with Gasteiger partial charge in [-0.1, -0.05) is 23.9 Å². The molecule has 3 aromatic carbocycles. The molecule has 0 spiro atoms. The molecular formula is C28H18N6OPt-2. The van der Waals surface area contributed by atoms with E-state index in [4.69, 9.17) is 9.72 Å². The zero-order chi connectivity index (χ0) is 23.4. The molecule has 36 heavy (non-hydrogen) atoms. The summed E-state index contributed by atoms with van der Waals surface area (Å²) in [7, 11) is 1.93. The molecule has 178 valence electrons.